The van der Waals surface area contributed by atoms with Gasteiger partial charge < -0.3 is 11.1 Å². The number of carbonyl (C=O) groups is 1. The van der Waals surface area contributed by atoms with Gasteiger partial charge in [0, 0.05) is 12.1 Å². The Morgan fingerprint density at radius 2 is 1.88 bits per heavy atom. The van der Waals surface area contributed by atoms with E-state index in [2.05, 4.69) is 12.2 Å². The highest BCUT2D eigenvalue weighted by atomic mass is 35.5. The largest absolute Gasteiger partial charge is 0.352 e. The van der Waals surface area contributed by atoms with E-state index < -0.39 is 0 Å². The van der Waals surface area contributed by atoms with Gasteiger partial charge in [0.2, 0.25) is 0 Å². The minimum absolute atomic E-state index is 0. The summed E-state index contributed by atoms with van der Waals surface area (Å²) in [7, 11) is 0. The van der Waals surface area contributed by atoms with Crippen LogP contribution in [0.15, 0.2) is 24.3 Å². The van der Waals surface area contributed by atoms with Crippen molar-refractivity contribution in [1.29, 1.82) is 0 Å². The van der Waals surface area contributed by atoms with Crippen molar-refractivity contribution in [3.63, 3.8) is 0 Å². The molecule has 0 unspecified atom stereocenters. The Kier molecular flexibility index (Phi) is 8.46. The quantitative estimate of drug-likeness (QED) is 0.767. The Bertz CT molecular complexity index is 325. The highest BCUT2D eigenvalue weighted by molar-refractivity contribution is 5.94. The van der Waals surface area contributed by atoms with Crippen molar-refractivity contribution in [3.8, 4) is 0 Å². The van der Waals surface area contributed by atoms with E-state index in [1.807, 2.05) is 24.3 Å². The maximum atomic E-state index is 11.7. The molecule has 1 aromatic carbocycles. The van der Waals surface area contributed by atoms with Crippen LogP contribution in [0.5, 0.6) is 0 Å². The molecular formula is C13H21ClN2O. The van der Waals surface area contributed by atoms with Crippen molar-refractivity contribution in [3.05, 3.63) is 35.4 Å². The van der Waals surface area contributed by atoms with Gasteiger partial charge in [0.1, 0.15) is 0 Å². The lowest BCUT2D eigenvalue weighted by Crippen LogP contribution is -2.24. The fourth-order valence-corrected chi connectivity index (χ4v) is 1.47. The molecule has 1 aromatic rings. The van der Waals surface area contributed by atoms with E-state index in [0.717, 1.165) is 24.8 Å². The van der Waals surface area contributed by atoms with Crippen LogP contribution in [-0.4, -0.2) is 19.0 Å². The number of aryl methyl sites for hydroxylation is 1. The zero-order valence-electron chi connectivity index (χ0n) is 10.2. The summed E-state index contributed by atoms with van der Waals surface area (Å²) in [6, 6.07) is 7.73. The van der Waals surface area contributed by atoms with Crippen LogP contribution >= 0.6 is 12.4 Å². The number of benzene rings is 1. The Morgan fingerprint density at radius 3 is 2.41 bits per heavy atom. The Labute approximate surface area is 109 Å². The van der Waals surface area contributed by atoms with Gasteiger partial charge in [-0.1, -0.05) is 19.1 Å². The van der Waals surface area contributed by atoms with Crippen LogP contribution in [0.4, 0.5) is 0 Å². The van der Waals surface area contributed by atoms with Crippen molar-refractivity contribution in [2.24, 2.45) is 5.73 Å². The summed E-state index contributed by atoms with van der Waals surface area (Å²) in [5.41, 5.74) is 7.35. The summed E-state index contributed by atoms with van der Waals surface area (Å²) in [6.07, 6.45) is 2.89. The first-order chi connectivity index (χ1) is 7.77. The molecule has 0 spiro atoms. The molecule has 1 amide bonds. The first-order valence-electron chi connectivity index (χ1n) is 5.85. The fourth-order valence-electron chi connectivity index (χ4n) is 1.47. The van der Waals surface area contributed by atoms with Crippen LogP contribution in [0, 0.1) is 0 Å². The van der Waals surface area contributed by atoms with E-state index in [1.165, 1.54) is 5.56 Å². The van der Waals surface area contributed by atoms with Crippen LogP contribution in [0.3, 0.4) is 0 Å². The predicted octanol–water partition coefficient (Wildman–Crippen LogP) is 2.14. The molecule has 0 saturated heterocycles. The van der Waals surface area contributed by atoms with Gasteiger partial charge in [-0.3, -0.25) is 4.79 Å². The first kappa shape index (κ1) is 15.9. The third kappa shape index (κ3) is 5.71. The number of rotatable bonds is 6. The molecule has 0 bridgehead atoms. The van der Waals surface area contributed by atoms with Gasteiger partial charge in [0.15, 0.2) is 0 Å². The van der Waals surface area contributed by atoms with Crippen LogP contribution in [0.25, 0.3) is 0 Å². The highest BCUT2D eigenvalue weighted by Crippen LogP contribution is 2.04. The van der Waals surface area contributed by atoms with E-state index in [9.17, 15) is 4.79 Å². The normalized spacial score (nSPS) is 9.53. The van der Waals surface area contributed by atoms with Gasteiger partial charge in [0.25, 0.3) is 5.91 Å². The summed E-state index contributed by atoms with van der Waals surface area (Å²) >= 11 is 0. The number of hydrogen-bond acceptors (Lipinski definition) is 2. The topological polar surface area (TPSA) is 55.1 Å². The number of halogens is 1. The molecule has 0 atom stereocenters. The van der Waals surface area contributed by atoms with Gasteiger partial charge >= 0.3 is 0 Å². The van der Waals surface area contributed by atoms with Crippen molar-refractivity contribution in [2.45, 2.75) is 26.2 Å². The van der Waals surface area contributed by atoms with E-state index in [0.29, 0.717) is 13.1 Å². The molecule has 0 aliphatic carbocycles. The molecule has 0 fully saturated rings. The number of unbranched alkanes of at least 4 members (excludes halogenated alkanes) is 1. The predicted molar refractivity (Wildman–Crippen MR) is 73.7 cm³/mol. The standard InChI is InChI=1S/C13H20N2O.ClH/c1-2-11-5-7-12(8-6-11)13(16)15-10-4-3-9-14;/h5-8H,2-4,9-10,14H2,1H3,(H,15,16);1H. The third-order valence-corrected chi connectivity index (χ3v) is 2.54. The molecule has 0 aliphatic heterocycles. The molecule has 4 heteroatoms. The van der Waals surface area contributed by atoms with Crippen LogP contribution in [-0.2, 0) is 6.42 Å². The summed E-state index contributed by atoms with van der Waals surface area (Å²) in [4.78, 5) is 11.7. The average Bonchev–Trinajstić information content (AvgIpc) is 2.34. The minimum atomic E-state index is -0.000301. The fraction of sp³-hybridized carbons (Fsp3) is 0.462. The van der Waals surface area contributed by atoms with Gasteiger partial charge in [-0.15, -0.1) is 12.4 Å². The van der Waals surface area contributed by atoms with Gasteiger partial charge in [-0.05, 0) is 43.5 Å². The van der Waals surface area contributed by atoms with Crippen molar-refractivity contribution in [1.82, 2.24) is 5.32 Å². The highest BCUT2D eigenvalue weighted by Gasteiger charge is 2.03. The van der Waals surface area contributed by atoms with Crippen molar-refractivity contribution < 1.29 is 4.79 Å². The van der Waals surface area contributed by atoms with Crippen LogP contribution in [0.2, 0.25) is 0 Å². The lowest BCUT2D eigenvalue weighted by molar-refractivity contribution is 0.0953. The van der Waals surface area contributed by atoms with Crippen LogP contribution in [0.1, 0.15) is 35.7 Å². The third-order valence-electron chi connectivity index (χ3n) is 2.54. The summed E-state index contributed by atoms with van der Waals surface area (Å²) in [5, 5.41) is 2.88. The van der Waals surface area contributed by atoms with Gasteiger partial charge in [-0.25, -0.2) is 0 Å². The lowest BCUT2D eigenvalue weighted by atomic mass is 10.1. The number of carbonyl (C=O) groups excluding carboxylic acids is 1. The van der Waals surface area contributed by atoms with E-state index >= 15 is 0 Å². The molecule has 1 rings (SSSR count). The molecule has 3 nitrogen and oxygen atoms in total. The Balaban J connectivity index is 0.00000256. The van der Waals surface area contributed by atoms with E-state index in [-0.39, 0.29) is 18.3 Å². The summed E-state index contributed by atoms with van der Waals surface area (Å²) < 4.78 is 0. The number of hydrogen-bond donors (Lipinski definition) is 2. The van der Waals surface area contributed by atoms with Gasteiger partial charge in [0.05, 0.1) is 0 Å². The zero-order chi connectivity index (χ0) is 11.8. The Hall–Kier alpha value is -1.06. The molecule has 0 saturated carbocycles. The number of nitrogens with one attached hydrogen (secondary N) is 1. The number of nitrogens with two attached hydrogens (primary N) is 1. The first-order valence-corrected chi connectivity index (χ1v) is 5.85. The second-order valence-corrected chi connectivity index (χ2v) is 3.80. The monoisotopic (exact) mass is 256 g/mol. The van der Waals surface area contributed by atoms with E-state index in [4.69, 9.17) is 5.73 Å². The van der Waals surface area contributed by atoms with Gasteiger partial charge in [-0.2, -0.15) is 0 Å². The zero-order valence-corrected chi connectivity index (χ0v) is 11.1. The van der Waals surface area contributed by atoms with Crippen molar-refractivity contribution >= 4 is 18.3 Å². The Morgan fingerprint density at radius 1 is 1.24 bits per heavy atom. The summed E-state index contributed by atoms with van der Waals surface area (Å²) in [6.45, 7) is 3.48. The molecule has 17 heavy (non-hydrogen) atoms. The molecule has 0 radical (unpaired) electrons. The minimum Gasteiger partial charge on any atom is -0.352 e. The molecule has 96 valence electrons. The number of amides is 1. The summed E-state index contributed by atoms with van der Waals surface area (Å²) in [5.74, 6) is -0.000301. The smallest absolute Gasteiger partial charge is 0.251 e. The molecule has 3 N–H and O–H groups in total. The maximum absolute atomic E-state index is 11.7. The second kappa shape index (κ2) is 9.02. The lowest BCUT2D eigenvalue weighted by Gasteiger charge is -2.05. The second-order valence-electron chi connectivity index (χ2n) is 3.80. The molecule has 0 aromatic heterocycles. The maximum Gasteiger partial charge on any atom is 0.251 e. The average molecular weight is 257 g/mol. The molecule has 0 heterocycles. The van der Waals surface area contributed by atoms with Crippen LogP contribution < -0.4 is 11.1 Å². The van der Waals surface area contributed by atoms with E-state index in [1.54, 1.807) is 0 Å². The molecular weight excluding hydrogens is 236 g/mol. The SMILES string of the molecule is CCc1ccc(C(=O)NCCCCN)cc1.Cl. The van der Waals surface area contributed by atoms with Crippen molar-refractivity contribution in [2.75, 3.05) is 13.1 Å². The molecule has 0 aliphatic rings.